The van der Waals surface area contributed by atoms with Gasteiger partial charge < -0.3 is 4.90 Å². The minimum absolute atomic E-state index is 0.235. The second-order valence-corrected chi connectivity index (χ2v) is 5.68. The van der Waals surface area contributed by atoms with Gasteiger partial charge in [-0.05, 0) is 43.4 Å². The van der Waals surface area contributed by atoms with Gasteiger partial charge in [0.05, 0.1) is 5.41 Å². The number of allylic oxidation sites excluding steroid dienone is 1. The number of carbonyl (C=O) groups excluding carboxylic acids is 1. The zero-order valence-electron chi connectivity index (χ0n) is 11.4. The molecule has 0 unspecified atom stereocenters. The van der Waals surface area contributed by atoms with E-state index in [9.17, 15) is 4.79 Å². The topological polar surface area (TPSA) is 20.3 Å². The Morgan fingerprint density at radius 1 is 1.42 bits per heavy atom. The molecule has 1 aromatic rings. The first-order valence-corrected chi connectivity index (χ1v) is 7.10. The van der Waals surface area contributed by atoms with Gasteiger partial charge in [0.2, 0.25) is 5.91 Å². The molecule has 0 N–H and O–H groups in total. The molecule has 3 heteroatoms. The highest BCUT2D eigenvalue weighted by Gasteiger charge is 2.52. The summed E-state index contributed by atoms with van der Waals surface area (Å²) < 4.78 is 0. The smallest absolute Gasteiger partial charge is 0.232 e. The fraction of sp³-hybridized carbons (Fsp3) is 0.438. The molecule has 2 nitrogen and oxygen atoms in total. The second kappa shape index (κ2) is 5.79. The van der Waals surface area contributed by atoms with Crippen molar-refractivity contribution < 1.29 is 4.79 Å². The average Bonchev–Trinajstić information content (AvgIpc) is 3.20. The highest BCUT2D eigenvalue weighted by molar-refractivity contribution is 6.30. The Labute approximate surface area is 120 Å². The maximum atomic E-state index is 12.6. The van der Waals surface area contributed by atoms with Crippen molar-refractivity contribution in [1.82, 2.24) is 4.90 Å². The molecule has 0 aromatic heterocycles. The van der Waals surface area contributed by atoms with Crippen LogP contribution in [0.25, 0.3) is 0 Å². The Bertz CT molecular complexity index is 462. The van der Waals surface area contributed by atoms with Crippen molar-refractivity contribution >= 4 is 17.5 Å². The summed E-state index contributed by atoms with van der Waals surface area (Å²) in [5.41, 5.74) is 0.811. The van der Waals surface area contributed by atoms with E-state index >= 15 is 0 Å². The molecule has 102 valence electrons. The summed E-state index contributed by atoms with van der Waals surface area (Å²) in [7, 11) is 1.89. The lowest BCUT2D eigenvalue weighted by molar-refractivity contribution is -0.132. The molecule has 19 heavy (non-hydrogen) atoms. The van der Waals surface area contributed by atoms with E-state index in [1.54, 1.807) is 0 Å². The van der Waals surface area contributed by atoms with E-state index in [0.29, 0.717) is 5.02 Å². The number of unbranched alkanes of at least 4 members (excludes halogenated alkanes) is 1. The predicted octanol–water partition coefficient (Wildman–Crippen LogP) is 3.80. The molecule has 1 aromatic carbocycles. The molecule has 0 aliphatic heterocycles. The van der Waals surface area contributed by atoms with Crippen LogP contribution in [-0.2, 0) is 10.2 Å². The molecule has 1 aliphatic carbocycles. The Kier molecular flexibility index (Phi) is 4.31. The first-order chi connectivity index (χ1) is 9.10. The summed E-state index contributed by atoms with van der Waals surface area (Å²) in [6, 6.07) is 7.68. The molecule has 0 radical (unpaired) electrons. The van der Waals surface area contributed by atoms with Crippen molar-refractivity contribution in [1.29, 1.82) is 0 Å². The summed E-state index contributed by atoms with van der Waals surface area (Å²) in [5, 5.41) is 0.714. The maximum Gasteiger partial charge on any atom is 0.232 e. The second-order valence-electron chi connectivity index (χ2n) is 5.25. The van der Waals surface area contributed by atoms with Gasteiger partial charge in [-0.3, -0.25) is 4.79 Å². The zero-order chi connectivity index (χ0) is 13.9. The van der Waals surface area contributed by atoms with Crippen LogP contribution in [0.3, 0.4) is 0 Å². The van der Waals surface area contributed by atoms with Crippen LogP contribution in [0, 0.1) is 0 Å². The Balaban J connectivity index is 2.05. The minimum atomic E-state index is -0.284. The molecular formula is C16H20ClNO. The van der Waals surface area contributed by atoms with Crippen molar-refractivity contribution in [2.45, 2.75) is 31.1 Å². The monoisotopic (exact) mass is 277 g/mol. The van der Waals surface area contributed by atoms with E-state index in [4.69, 9.17) is 11.6 Å². The van der Waals surface area contributed by atoms with Crippen molar-refractivity contribution in [3.63, 3.8) is 0 Å². The van der Waals surface area contributed by atoms with Crippen molar-refractivity contribution in [3.8, 4) is 0 Å². The number of nitrogens with zero attached hydrogens (tertiary/aromatic N) is 1. The van der Waals surface area contributed by atoms with Gasteiger partial charge in [-0.1, -0.05) is 29.8 Å². The summed E-state index contributed by atoms with van der Waals surface area (Å²) in [4.78, 5) is 14.4. The number of halogens is 1. The first kappa shape index (κ1) is 14.1. The summed E-state index contributed by atoms with van der Waals surface area (Å²) >= 11 is 5.90. The van der Waals surface area contributed by atoms with Crippen LogP contribution in [0.5, 0.6) is 0 Å². The average molecular weight is 278 g/mol. The third-order valence-electron chi connectivity index (χ3n) is 3.80. The number of hydrogen-bond donors (Lipinski definition) is 0. The number of likely N-dealkylation sites (N-methyl/N-ethyl adjacent to an activating group) is 1. The van der Waals surface area contributed by atoms with Crippen LogP contribution >= 0.6 is 11.6 Å². The predicted molar refractivity (Wildman–Crippen MR) is 79.4 cm³/mol. The molecular weight excluding hydrogens is 258 g/mol. The zero-order valence-corrected chi connectivity index (χ0v) is 12.1. The van der Waals surface area contributed by atoms with Crippen molar-refractivity contribution in [2.75, 3.05) is 13.6 Å². The van der Waals surface area contributed by atoms with Gasteiger partial charge in [0.1, 0.15) is 0 Å². The van der Waals surface area contributed by atoms with Crippen LogP contribution in [0.15, 0.2) is 36.9 Å². The Hall–Kier alpha value is -1.28. The fourth-order valence-electron chi connectivity index (χ4n) is 2.46. The summed E-state index contributed by atoms with van der Waals surface area (Å²) in [5.74, 6) is 0.235. The minimum Gasteiger partial charge on any atom is -0.345 e. The maximum absolute atomic E-state index is 12.6. The quantitative estimate of drug-likeness (QED) is 0.572. The summed E-state index contributed by atoms with van der Waals surface area (Å²) in [6.07, 6.45) is 5.71. The number of hydrogen-bond acceptors (Lipinski definition) is 1. The van der Waals surface area contributed by atoms with Crippen LogP contribution in [0.4, 0.5) is 0 Å². The van der Waals surface area contributed by atoms with Gasteiger partial charge in [-0.2, -0.15) is 0 Å². The molecule has 2 rings (SSSR count). The highest BCUT2D eigenvalue weighted by atomic mass is 35.5. The van der Waals surface area contributed by atoms with Gasteiger partial charge in [0.15, 0.2) is 0 Å². The van der Waals surface area contributed by atoms with E-state index in [-0.39, 0.29) is 11.3 Å². The molecule has 1 fully saturated rings. The van der Waals surface area contributed by atoms with Gasteiger partial charge in [-0.25, -0.2) is 0 Å². The number of amides is 1. The van der Waals surface area contributed by atoms with E-state index in [1.807, 2.05) is 42.3 Å². The lowest BCUT2D eigenvalue weighted by Crippen LogP contribution is -2.37. The van der Waals surface area contributed by atoms with Gasteiger partial charge >= 0.3 is 0 Å². The molecule has 0 bridgehead atoms. The lowest BCUT2D eigenvalue weighted by atomic mass is 9.94. The Morgan fingerprint density at radius 3 is 2.58 bits per heavy atom. The van der Waals surface area contributed by atoms with Crippen molar-refractivity contribution in [3.05, 3.63) is 47.5 Å². The van der Waals surface area contributed by atoms with Crippen LogP contribution in [-0.4, -0.2) is 24.4 Å². The standard InChI is InChI=1S/C16H20ClNO/c1-3-4-5-12-18(2)15(19)16(10-11-16)13-6-8-14(17)9-7-13/h3,6-9H,1,4-5,10-12H2,2H3. The van der Waals surface area contributed by atoms with Crippen LogP contribution in [0.1, 0.15) is 31.2 Å². The third kappa shape index (κ3) is 3.01. The van der Waals surface area contributed by atoms with Crippen LogP contribution < -0.4 is 0 Å². The SMILES string of the molecule is C=CCCCN(C)C(=O)C1(c2ccc(Cl)cc2)CC1. The largest absolute Gasteiger partial charge is 0.345 e. The number of benzene rings is 1. The number of carbonyl (C=O) groups is 1. The molecule has 1 aliphatic rings. The van der Waals surface area contributed by atoms with Gasteiger partial charge in [-0.15, -0.1) is 6.58 Å². The van der Waals surface area contributed by atoms with Crippen molar-refractivity contribution in [2.24, 2.45) is 0 Å². The van der Waals surface area contributed by atoms with E-state index in [0.717, 1.165) is 37.8 Å². The van der Waals surface area contributed by atoms with Gasteiger partial charge in [0, 0.05) is 18.6 Å². The highest BCUT2D eigenvalue weighted by Crippen LogP contribution is 2.49. The Morgan fingerprint density at radius 2 is 2.05 bits per heavy atom. The fourth-order valence-corrected chi connectivity index (χ4v) is 2.59. The molecule has 0 heterocycles. The molecule has 0 saturated heterocycles. The third-order valence-corrected chi connectivity index (χ3v) is 4.06. The van der Waals surface area contributed by atoms with E-state index in [1.165, 1.54) is 0 Å². The molecule has 0 atom stereocenters. The van der Waals surface area contributed by atoms with E-state index in [2.05, 4.69) is 6.58 Å². The normalized spacial score (nSPS) is 15.9. The first-order valence-electron chi connectivity index (χ1n) is 6.73. The van der Waals surface area contributed by atoms with Gasteiger partial charge in [0.25, 0.3) is 0 Å². The lowest BCUT2D eigenvalue weighted by Gasteiger charge is -2.23. The molecule has 1 amide bonds. The number of rotatable bonds is 6. The molecule has 1 saturated carbocycles. The summed E-state index contributed by atoms with van der Waals surface area (Å²) in [6.45, 7) is 4.50. The van der Waals surface area contributed by atoms with Crippen LogP contribution in [0.2, 0.25) is 5.02 Å². The molecule has 0 spiro atoms. The van der Waals surface area contributed by atoms with E-state index < -0.39 is 0 Å².